The Kier molecular flexibility index (Phi) is 3.65. The molecule has 3 aromatic heterocycles. The monoisotopic (exact) mass is 286 g/mol. The lowest BCUT2D eigenvalue weighted by Crippen LogP contribution is -2.11. The molecule has 102 valence electrons. The van der Waals surface area contributed by atoms with Crippen molar-refractivity contribution in [2.75, 3.05) is 5.88 Å². The van der Waals surface area contributed by atoms with Crippen molar-refractivity contribution in [1.29, 1.82) is 0 Å². The zero-order valence-electron chi connectivity index (χ0n) is 11.2. The highest BCUT2D eigenvalue weighted by molar-refractivity contribution is 6.17. The van der Waals surface area contributed by atoms with Crippen LogP contribution in [0.5, 0.6) is 0 Å². The van der Waals surface area contributed by atoms with Gasteiger partial charge in [-0.1, -0.05) is 0 Å². The fourth-order valence-electron chi connectivity index (χ4n) is 2.48. The van der Waals surface area contributed by atoms with Crippen molar-refractivity contribution in [3.8, 4) is 0 Å². The minimum atomic E-state index is 0.184. The van der Waals surface area contributed by atoms with Gasteiger partial charge < -0.3 is 4.57 Å². The van der Waals surface area contributed by atoms with Crippen LogP contribution in [-0.4, -0.2) is 25.4 Å². The highest BCUT2D eigenvalue weighted by Gasteiger charge is 2.16. The Labute approximate surface area is 122 Å². The van der Waals surface area contributed by atoms with Gasteiger partial charge >= 0.3 is 0 Å². The molecule has 0 amide bonds. The minimum absolute atomic E-state index is 0.184. The van der Waals surface area contributed by atoms with Crippen molar-refractivity contribution in [2.45, 2.75) is 19.4 Å². The van der Waals surface area contributed by atoms with Gasteiger partial charge in [0.1, 0.15) is 11.3 Å². The van der Waals surface area contributed by atoms with Crippen LogP contribution in [-0.2, 0) is 6.42 Å². The third-order valence-corrected chi connectivity index (χ3v) is 3.65. The first-order valence-corrected chi connectivity index (χ1v) is 7.11. The fourth-order valence-corrected chi connectivity index (χ4v) is 2.65. The molecule has 0 saturated heterocycles. The molecule has 0 aliphatic rings. The lowest BCUT2D eigenvalue weighted by atomic mass is 10.1. The molecule has 0 N–H and O–H groups in total. The highest BCUT2D eigenvalue weighted by atomic mass is 35.5. The van der Waals surface area contributed by atoms with Crippen molar-refractivity contribution in [3.63, 3.8) is 0 Å². The van der Waals surface area contributed by atoms with Crippen LogP contribution in [0.1, 0.15) is 24.4 Å². The van der Waals surface area contributed by atoms with E-state index in [2.05, 4.69) is 26.4 Å². The maximum absolute atomic E-state index is 5.91. The minimum Gasteiger partial charge on any atom is -0.321 e. The first-order valence-electron chi connectivity index (χ1n) is 6.58. The number of nitrogens with zero attached hydrogens (tertiary/aromatic N) is 4. The molecule has 0 aromatic carbocycles. The summed E-state index contributed by atoms with van der Waals surface area (Å²) in [4.78, 5) is 12.9. The van der Waals surface area contributed by atoms with Gasteiger partial charge in [-0.15, -0.1) is 11.6 Å². The number of imidazole rings is 1. The van der Waals surface area contributed by atoms with Crippen molar-refractivity contribution < 1.29 is 0 Å². The third-order valence-electron chi connectivity index (χ3n) is 3.46. The van der Waals surface area contributed by atoms with E-state index < -0.39 is 0 Å². The van der Waals surface area contributed by atoms with Gasteiger partial charge in [0.25, 0.3) is 0 Å². The van der Waals surface area contributed by atoms with Crippen molar-refractivity contribution in [3.05, 3.63) is 54.4 Å². The summed E-state index contributed by atoms with van der Waals surface area (Å²) in [5.41, 5.74) is 3.20. The number of aryl methyl sites for hydroxylation is 1. The van der Waals surface area contributed by atoms with Crippen LogP contribution in [0.3, 0.4) is 0 Å². The molecule has 0 spiro atoms. The van der Waals surface area contributed by atoms with E-state index in [0.717, 1.165) is 23.3 Å². The average Bonchev–Trinajstić information content (AvgIpc) is 2.86. The van der Waals surface area contributed by atoms with E-state index >= 15 is 0 Å². The molecule has 0 aliphatic heterocycles. The number of pyridine rings is 2. The summed E-state index contributed by atoms with van der Waals surface area (Å²) >= 11 is 5.91. The Balaban J connectivity index is 2.15. The first-order chi connectivity index (χ1) is 9.81. The van der Waals surface area contributed by atoms with Gasteiger partial charge in [-0.25, -0.2) is 4.98 Å². The fraction of sp³-hybridized carbons (Fsp3) is 0.267. The molecule has 0 radical (unpaired) electrons. The molecule has 0 aliphatic carbocycles. The second-order valence-electron chi connectivity index (χ2n) is 4.66. The molecule has 4 nitrogen and oxygen atoms in total. The van der Waals surface area contributed by atoms with Crippen molar-refractivity contribution >= 4 is 22.6 Å². The molecule has 20 heavy (non-hydrogen) atoms. The number of hydrogen-bond acceptors (Lipinski definition) is 3. The van der Waals surface area contributed by atoms with Crippen LogP contribution in [0.15, 0.2) is 43.0 Å². The number of alkyl halides is 1. The summed E-state index contributed by atoms with van der Waals surface area (Å²) in [5.74, 6) is 1.55. The van der Waals surface area contributed by atoms with E-state index in [0.29, 0.717) is 5.88 Å². The molecule has 0 saturated carbocycles. The Morgan fingerprint density at radius 2 is 1.90 bits per heavy atom. The van der Waals surface area contributed by atoms with Gasteiger partial charge in [-0.3, -0.25) is 9.97 Å². The molecule has 1 atom stereocenters. The molecule has 0 bridgehead atoms. The van der Waals surface area contributed by atoms with Gasteiger partial charge in [0.05, 0.1) is 17.8 Å². The lowest BCUT2D eigenvalue weighted by molar-refractivity contribution is 0.623. The predicted octanol–water partition coefficient (Wildman–Crippen LogP) is 3.22. The molecule has 5 heteroatoms. The second kappa shape index (κ2) is 5.59. The zero-order valence-corrected chi connectivity index (χ0v) is 12.0. The summed E-state index contributed by atoms with van der Waals surface area (Å²) in [6.45, 7) is 2.16. The van der Waals surface area contributed by atoms with Gasteiger partial charge in [0.2, 0.25) is 0 Å². The number of halogens is 1. The standard InChI is InChI=1S/C15H15ClN4/c1-11(12-3-7-17-8-4-12)20-14-5-9-18-10-13(14)19-15(20)2-6-16/h3-5,7-11H,2,6H2,1H3. The maximum Gasteiger partial charge on any atom is 0.111 e. The Morgan fingerprint density at radius 1 is 1.15 bits per heavy atom. The van der Waals surface area contributed by atoms with Crippen molar-refractivity contribution in [1.82, 2.24) is 19.5 Å². The van der Waals surface area contributed by atoms with E-state index in [1.165, 1.54) is 5.56 Å². The predicted molar refractivity (Wildman–Crippen MR) is 80.0 cm³/mol. The summed E-state index contributed by atoms with van der Waals surface area (Å²) in [6, 6.07) is 6.24. The number of rotatable bonds is 4. The van der Waals surface area contributed by atoms with Gasteiger partial charge in [-0.05, 0) is 30.7 Å². The second-order valence-corrected chi connectivity index (χ2v) is 5.04. The van der Waals surface area contributed by atoms with E-state index in [-0.39, 0.29) is 6.04 Å². The van der Waals surface area contributed by atoms with Crippen LogP contribution in [0, 0.1) is 0 Å². The normalized spacial score (nSPS) is 12.7. The molecular formula is C15H15ClN4. The summed E-state index contributed by atoms with van der Waals surface area (Å²) in [5, 5.41) is 0. The summed E-state index contributed by atoms with van der Waals surface area (Å²) < 4.78 is 2.23. The quantitative estimate of drug-likeness (QED) is 0.692. The van der Waals surface area contributed by atoms with E-state index in [1.807, 2.05) is 30.6 Å². The average molecular weight is 287 g/mol. The molecule has 3 heterocycles. The van der Waals surface area contributed by atoms with Crippen LogP contribution >= 0.6 is 11.6 Å². The van der Waals surface area contributed by atoms with E-state index in [1.54, 1.807) is 12.4 Å². The van der Waals surface area contributed by atoms with Crippen LogP contribution in [0.4, 0.5) is 0 Å². The molecule has 3 aromatic rings. The topological polar surface area (TPSA) is 43.6 Å². The smallest absolute Gasteiger partial charge is 0.111 e. The van der Waals surface area contributed by atoms with Crippen LogP contribution < -0.4 is 0 Å². The zero-order chi connectivity index (χ0) is 13.9. The lowest BCUT2D eigenvalue weighted by Gasteiger charge is -2.17. The molecule has 0 fully saturated rings. The molecule has 3 rings (SSSR count). The van der Waals surface area contributed by atoms with Gasteiger partial charge in [0.15, 0.2) is 0 Å². The highest BCUT2D eigenvalue weighted by Crippen LogP contribution is 2.25. The van der Waals surface area contributed by atoms with Crippen LogP contribution in [0.25, 0.3) is 11.0 Å². The van der Waals surface area contributed by atoms with Gasteiger partial charge in [-0.2, -0.15) is 0 Å². The van der Waals surface area contributed by atoms with Crippen molar-refractivity contribution in [2.24, 2.45) is 0 Å². The summed E-state index contributed by atoms with van der Waals surface area (Å²) in [6.07, 6.45) is 7.96. The first kappa shape index (κ1) is 13.1. The summed E-state index contributed by atoms with van der Waals surface area (Å²) in [7, 11) is 0. The van der Waals surface area contributed by atoms with E-state index in [9.17, 15) is 0 Å². The Bertz CT molecular complexity index is 708. The maximum atomic E-state index is 5.91. The number of aromatic nitrogens is 4. The SMILES string of the molecule is CC(c1ccncc1)n1c(CCCl)nc2cnccc21. The third kappa shape index (κ3) is 2.27. The molecule has 1 unspecified atom stereocenters. The van der Waals surface area contributed by atoms with E-state index in [4.69, 9.17) is 11.6 Å². The number of fused-ring (bicyclic) bond motifs is 1. The van der Waals surface area contributed by atoms with Gasteiger partial charge in [0, 0.05) is 30.9 Å². The molecular weight excluding hydrogens is 272 g/mol. The largest absolute Gasteiger partial charge is 0.321 e. The van der Waals surface area contributed by atoms with Crippen LogP contribution in [0.2, 0.25) is 0 Å². The number of hydrogen-bond donors (Lipinski definition) is 0. The Morgan fingerprint density at radius 3 is 2.65 bits per heavy atom. The Hall–Kier alpha value is -1.94.